The molecule has 1 atom stereocenters. The number of carbonyl (C=O) groups excluding carboxylic acids is 2. The van der Waals surface area contributed by atoms with Gasteiger partial charge in [0.2, 0.25) is 6.10 Å². The highest BCUT2D eigenvalue weighted by Gasteiger charge is 2.35. The van der Waals surface area contributed by atoms with Gasteiger partial charge in [-0.15, -0.1) is 0 Å². The fourth-order valence-corrected chi connectivity index (χ4v) is 2.95. The summed E-state index contributed by atoms with van der Waals surface area (Å²) in [4.78, 5) is 25.4. The Kier molecular flexibility index (Phi) is 6.50. The second-order valence-electron chi connectivity index (χ2n) is 6.39. The third kappa shape index (κ3) is 5.35. The average molecular weight is 450 g/mol. The van der Waals surface area contributed by atoms with Crippen molar-refractivity contribution in [2.75, 3.05) is 5.32 Å². The highest BCUT2D eigenvalue weighted by Crippen LogP contribution is 2.37. The number of halogens is 4. The SMILES string of the molecule is O=C(O[C@@H](C(=O)Nc1ccc(Cl)cc1C(F)(F)F)c1ccccc1)c1ccccc1O. The smallest absolute Gasteiger partial charge is 0.418 e. The molecule has 31 heavy (non-hydrogen) atoms. The Hall–Kier alpha value is -3.52. The summed E-state index contributed by atoms with van der Waals surface area (Å²) in [5, 5.41) is 11.9. The minimum absolute atomic E-state index is 0.157. The molecule has 0 saturated carbocycles. The molecule has 2 N–H and O–H groups in total. The molecule has 0 aliphatic rings. The molecular formula is C22H15ClF3NO4. The minimum Gasteiger partial charge on any atom is -0.507 e. The Labute approximate surface area is 180 Å². The maximum absolute atomic E-state index is 13.4. The molecule has 0 unspecified atom stereocenters. The molecule has 0 fully saturated rings. The molecule has 0 aliphatic carbocycles. The molecule has 0 aliphatic heterocycles. The number of hydrogen-bond donors (Lipinski definition) is 2. The first kappa shape index (κ1) is 22.2. The van der Waals surface area contributed by atoms with Crippen molar-refractivity contribution < 1.29 is 32.6 Å². The van der Waals surface area contributed by atoms with Gasteiger partial charge in [-0.2, -0.15) is 13.2 Å². The first-order valence-corrected chi connectivity index (χ1v) is 9.26. The van der Waals surface area contributed by atoms with Crippen LogP contribution < -0.4 is 5.32 Å². The number of phenols is 1. The predicted molar refractivity (Wildman–Crippen MR) is 108 cm³/mol. The molecule has 3 rings (SSSR count). The Morgan fingerprint density at radius 3 is 2.26 bits per heavy atom. The largest absolute Gasteiger partial charge is 0.507 e. The van der Waals surface area contributed by atoms with E-state index in [2.05, 4.69) is 5.32 Å². The number of aromatic hydroxyl groups is 1. The third-order valence-electron chi connectivity index (χ3n) is 4.23. The van der Waals surface area contributed by atoms with Crippen LogP contribution in [0.2, 0.25) is 5.02 Å². The number of amides is 1. The number of hydrogen-bond acceptors (Lipinski definition) is 4. The number of ether oxygens (including phenoxy) is 1. The Morgan fingerprint density at radius 2 is 1.61 bits per heavy atom. The van der Waals surface area contributed by atoms with Crippen LogP contribution in [0.1, 0.15) is 27.6 Å². The third-order valence-corrected chi connectivity index (χ3v) is 4.47. The number of para-hydroxylation sites is 1. The summed E-state index contributed by atoms with van der Waals surface area (Å²) in [5.74, 6) is -2.39. The zero-order valence-corrected chi connectivity index (χ0v) is 16.4. The average Bonchev–Trinajstić information content (AvgIpc) is 2.73. The van der Waals surface area contributed by atoms with E-state index < -0.39 is 35.4 Å². The zero-order valence-electron chi connectivity index (χ0n) is 15.7. The second-order valence-corrected chi connectivity index (χ2v) is 6.83. The number of alkyl halides is 3. The van der Waals surface area contributed by atoms with Crippen LogP contribution in [0, 0.1) is 0 Å². The standard InChI is InChI=1S/C22H15ClF3NO4/c23-14-10-11-17(16(12-14)22(24,25)26)27-20(29)19(13-6-2-1-3-7-13)31-21(30)15-8-4-5-9-18(15)28/h1-12,19,28H,(H,27,29)/t19-/m1/s1. The van der Waals surface area contributed by atoms with Crippen molar-refractivity contribution in [1.29, 1.82) is 0 Å². The number of anilines is 1. The molecule has 5 nitrogen and oxygen atoms in total. The van der Waals surface area contributed by atoms with E-state index in [1.165, 1.54) is 42.5 Å². The van der Waals surface area contributed by atoms with E-state index in [-0.39, 0.29) is 21.9 Å². The maximum Gasteiger partial charge on any atom is 0.418 e. The van der Waals surface area contributed by atoms with Crippen LogP contribution in [-0.2, 0) is 15.7 Å². The summed E-state index contributed by atoms with van der Waals surface area (Å²) in [6.45, 7) is 0. The molecular weight excluding hydrogens is 435 g/mol. The molecule has 3 aromatic rings. The minimum atomic E-state index is -4.78. The van der Waals surface area contributed by atoms with Crippen molar-refractivity contribution in [3.63, 3.8) is 0 Å². The number of nitrogens with one attached hydrogen (secondary N) is 1. The van der Waals surface area contributed by atoms with E-state index in [1.807, 2.05) is 0 Å². The van der Waals surface area contributed by atoms with Gasteiger partial charge in [0.15, 0.2) is 0 Å². The van der Waals surface area contributed by atoms with Crippen LogP contribution in [0.5, 0.6) is 5.75 Å². The lowest BCUT2D eigenvalue weighted by molar-refractivity contribution is -0.137. The monoisotopic (exact) mass is 449 g/mol. The Morgan fingerprint density at radius 1 is 0.968 bits per heavy atom. The maximum atomic E-state index is 13.4. The van der Waals surface area contributed by atoms with Gasteiger partial charge < -0.3 is 15.2 Å². The van der Waals surface area contributed by atoms with Gasteiger partial charge >= 0.3 is 12.1 Å². The molecule has 9 heteroatoms. The van der Waals surface area contributed by atoms with E-state index in [9.17, 15) is 27.9 Å². The molecule has 0 radical (unpaired) electrons. The number of benzene rings is 3. The molecule has 160 valence electrons. The van der Waals surface area contributed by atoms with Gasteiger partial charge in [0.25, 0.3) is 5.91 Å². The topological polar surface area (TPSA) is 75.6 Å². The van der Waals surface area contributed by atoms with Gasteiger partial charge in [0.1, 0.15) is 11.3 Å². The van der Waals surface area contributed by atoms with Crippen molar-refractivity contribution in [1.82, 2.24) is 0 Å². The highest BCUT2D eigenvalue weighted by atomic mass is 35.5. The van der Waals surface area contributed by atoms with E-state index in [4.69, 9.17) is 16.3 Å². The van der Waals surface area contributed by atoms with E-state index >= 15 is 0 Å². The molecule has 0 spiro atoms. The molecule has 1 amide bonds. The molecule has 0 bridgehead atoms. The molecule has 0 saturated heterocycles. The summed E-state index contributed by atoms with van der Waals surface area (Å²) >= 11 is 5.66. The van der Waals surface area contributed by atoms with Crippen LogP contribution in [-0.4, -0.2) is 17.0 Å². The number of carbonyl (C=O) groups is 2. The summed E-state index contributed by atoms with van der Waals surface area (Å²) in [5.41, 5.74) is -1.65. The van der Waals surface area contributed by atoms with E-state index in [1.54, 1.807) is 18.2 Å². The normalized spacial score (nSPS) is 12.1. The van der Waals surface area contributed by atoms with Crippen molar-refractivity contribution in [3.8, 4) is 5.75 Å². The fourth-order valence-electron chi connectivity index (χ4n) is 2.78. The quantitative estimate of drug-likeness (QED) is 0.497. The van der Waals surface area contributed by atoms with Crippen molar-refractivity contribution in [2.45, 2.75) is 12.3 Å². The predicted octanol–water partition coefficient (Wildman–Crippen LogP) is 5.60. The zero-order chi connectivity index (χ0) is 22.6. The van der Waals surface area contributed by atoms with Crippen molar-refractivity contribution in [3.05, 3.63) is 94.5 Å². The van der Waals surface area contributed by atoms with Gasteiger partial charge in [-0.1, -0.05) is 54.1 Å². The molecule has 0 aromatic heterocycles. The van der Waals surface area contributed by atoms with Crippen molar-refractivity contribution in [2.24, 2.45) is 0 Å². The van der Waals surface area contributed by atoms with Crippen LogP contribution in [0.25, 0.3) is 0 Å². The Balaban J connectivity index is 1.93. The molecule has 0 heterocycles. The van der Waals surface area contributed by atoms with E-state index in [0.717, 1.165) is 6.07 Å². The first-order chi connectivity index (χ1) is 14.7. The second kappa shape index (κ2) is 9.09. The van der Waals surface area contributed by atoms with E-state index in [0.29, 0.717) is 6.07 Å². The number of rotatable bonds is 5. The van der Waals surface area contributed by atoms with Crippen LogP contribution in [0.15, 0.2) is 72.8 Å². The lowest BCUT2D eigenvalue weighted by atomic mass is 10.1. The fraction of sp³-hybridized carbons (Fsp3) is 0.0909. The summed E-state index contributed by atoms with van der Waals surface area (Å²) in [6, 6.07) is 16.2. The van der Waals surface area contributed by atoms with Gasteiger partial charge in [-0.3, -0.25) is 4.79 Å². The van der Waals surface area contributed by atoms with Gasteiger partial charge in [-0.05, 0) is 30.3 Å². The molecule has 3 aromatic carbocycles. The summed E-state index contributed by atoms with van der Waals surface area (Å²) in [7, 11) is 0. The van der Waals surface area contributed by atoms with Crippen LogP contribution in [0.4, 0.5) is 18.9 Å². The first-order valence-electron chi connectivity index (χ1n) is 8.88. The summed E-state index contributed by atoms with van der Waals surface area (Å²) in [6.07, 6.45) is -6.35. The lowest BCUT2D eigenvalue weighted by Gasteiger charge is -2.20. The van der Waals surface area contributed by atoms with Crippen LogP contribution >= 0.6 is 11.6 Å². The van der Waals surface area contributed by atoms with Gasteiger partial charge in [0.05, 0.1) is 11.3 Å². The lowest BCUT2D eigenvalue weighted by Crippen LogP contribution is -2.27. The highest BCUT2D eigenvalue weighted by molar-refractivity contribution is 6.30. The summed E-state index contributed by atoms with van der Waals surface area (Å²) < 4.78 is 45.3. The number of phenolic OH excluding ortho intramolecular Hbond substituents is 1. The van der Waals surface area contributed by atoms with Gasteiger partial charge in [-0.25, -0.2) is 4.79 Å². The van der Waals surface area contributed by atoms with Crippen molar-refractivity contribution >= 4 is 29.2 Å². The van der Waals surface area contributed by atoms with Crippen LogP contribution in [0.3, 0.4) is 0 Å². The van der Waals surface area contributed by atoms with Gasteiger partial charge in [0, 0.05) is 10.6 Å². The Bertz CT molecular complexity index is 1100. The number of esters is 1.